The molecule has 2 rings (SSSR count). The zero-order valence-electron chi connectivity index (χ0n) is 12.6. The number of nitrogens with two attached hydrogens (primary N) is 1. The normalized spacial score (nSPS) is 11.4. The summed E-state index contributed by atoms with van der Waals surface area (Å²) < 4.78 is 30.3. The van der Waals surface area contributed by atoms with E-state index in [1.807, 2.05) is 19.9 Å². The molecular weight excluding hydrogens is 286 g/mol. The smallest absolute Gasteiger partial charge is 0.339 e. The van der Waals surface area contributed by atoms with Crippen LogP contribution in [0.25, 0.3) is 0 Å². The van der Waals surface area contributed by atoms with Gasteiger partial charge < -0.3 is 9.92 Å². The third-order valence-corrected chi connectivity index (χ3v) is 4.96. The molecular formula is C16H19NO3S. The van der Waals surface area contributed by atoms with Crippen LogP contribution in [0.2, 0.25) is 0 Å². The van der Waals surface area contributed by atoms with Gasteiger partial charge in [0.25, 0.3) is 0 Å². The van der Waals surface area contributed by atoms with Gasteiger partial charge in [-0.25, -0.2) is 0 Å². The first-order chi connectivity index (χ1) is 9.72. The second kappa shape index (κ2) is 5.41. The van der Waals surface area contributed by atoms with E-state index in [9.17, 15) is 8.42 Å². The number of hydrogen-bond donors (Lipinski definition) is 1. The molecule has 2 N–H and O–H groups in total. The van der Waals surface area contributed by atoms with Gasteiger partial charge in [-0.15, -0.1) is 0 Å². The molecule has 0 fully saturated rings. The highest BCUT2D eigenvalue weighted by Crippen LogP contribution is 2.28. The van der Waals surface area contributed by atoms with E-state index < -0.39 is 10.1 Å². The lowest BCUT2D eigenvalue weighted by molar-refractivity contribution is 0.483. The minimum absolute atomic E-state index is 0.148. The third kappa shape index (κ3) is 3.03. The van der Waals surface area contributed by atoms with Crippen molar-refractivity contribution >= 4 is 15.8 Å². The van der Waals surface area contributed by atoms with E-state index in [4.69, 9.17) is 9.92 Å². The van der Waals surface area contributed by atoms with Crippen molar-refractivity contribution in [2.45, 2.75) is 32.6 Å². The van der Waals surface area contributed by atoms with E-state index in [0.717, 1.165) is 11.1 Å². The molecule has 0 heterocycles. The maximum atomic E-state index is 12.5. The molecule has 2 aromatic carbocycles. The predicted octanol–water partition coefficient (Wildman–Crippen LogP) is 3.27. The number of hydrogen-bond acceptors (Lipinski definition) is 4. The van der Waals surface area contributed by atoms with Gasteiger partial charge in [-0.1, -0.05) is 12.1 Å². The number of rotatable bonds is 3. The lowest BCUT2D eigenvalue weighted by atomic mass is 10.1. The van der Waals surface area contributed by atoms with Gasteiger partial charge in [0.1, 0.15) is 10.6 Å². The molecule has 0 amide bonds. The van der Waals surface area contributed by atoms with Crippen molar-refractivity contribution in [3.8, 4) is 5.75 Å². The van der Waals surface area contributed by atoms with Crippen LogP contribution in [0.5, 0.6) is 5.75 Å². The molecule has 0 unspecified atom stereocenters. The summed E-state index contributed by atoms with van der Waals surface area (Å²) in [5, 5.41) is 0. The van der Waals surface area contributed by atoms with Crippen LogP contribution in [-0.2, 0) is 10.1 Å². The zero-order chi connectivity index (χ0) is 15.8. The van der Waals surface area contributed by atoms with Gasteiger partial charge in [-0.3, -0.25) is 0 Å². The monoisotopic (exact) mass is 305 g/mol. The lowest BCUT2D eigenvalue weighted by Gasteiger charge is -2.13. The SMILES string of the molecule is Cc1cc(S(=O)(=O)Oc2cccc(C)c2C)c(C)cc1N. The van der Waals surface area contributed by atoms with Crippen LogP contribution in [0.15, 0.2) is 35.2 Å². The Labute approximate surface area is 125 Å². The number of benzene rings is 2. The summed E-state index contributed by atoms with van der Waals surface area (Å²) in [6.07, 6.45) is 0. The summed E-state index contributed by atoms with van der Waals surface area (Å²) in [6.45, 7) is 7.22. The Hall–Kier alpha value is -2.01. The highest BCUT2D eigenvalue weighted by molar-refractivity contribution is 7.87. The molecule has 0 radical (unpaired) electrons. The summed E-state index contributed by atoms with van der Waals surface area (Å²) in [5.74, 6) is 0.351. The molecule has 0 bridgehead atoms. The molecule has 21 heavy (non-hydrogen) atoms. The van der Waals surface area contributed by atoms with E-state index in [0.29, 0.717) is 22.6 Å². The predicted molar refractivity (Wildman–Crippen MR) is 84.1 cm³/mol. The molecule has 0 aliphatic heterocycles. The molecule has 0 aromatic heterocycles. The van der Waals surface area contributed by atoms with E-state index in [2.05, 4.69) is 0 Å². The van der Waals surface area contributed by atoms with Crippen LogP contribution in [0, 0.1) is 27.7 Å². The Morgan fingerprint density at radius 3 is 2.29 bits per heavy atom. The first-order valence-corrected chi connectivity index (χ1v) is 8.00. The van der Waals surface area contributed by atoms with Gasteiger partial charge >= 0.3 is 10.1 Å². The topological polar surface area (TPSA) is 69.4 Å². The van der Waals surface area contributed by atoms with E-state index in [1.165, 1.54) is 0 Å². The fourth-order valence-electron chi connectivity index (χ4n) is 2.06. The lowest BCUT2D eigenvalue weighted by Crippen LogP contribution is -2.13. The first-order valence-electron chi connectivity index (χ1n) is 6.60. The van der Waals surface area contributed by atoms with Crippen LogP contribution in [0.4, 0.5) is 5.69 Å². The van der Waals surface area contributed by atoms with Gasteiger partial charge in [-0.05, 0) is 68.1 Å². The van der Waals surface area contributed by atoms with Gasteiger partial charge in [0, 0.05) is 5.69 Å². The highest BCUT2D eigenvalue weighted by Gasteiger charge is 2.21. The number of aryl methyl sites for hydroxylation is 3. The number of anilines is 1. The minimum atomic E-state index is -3.88. The standard InChI is InChI=1S/C16H19NO3S/c1-10-6-5-7-15(13(10)4)20-21(18,19)16-9-11(2)14(17)8-12(16)3/h5-9H,17H2,1-4H3. The van der Waals surface area contributed by atoms with E-state index in [-0.39, 0.29) is 4.90 Å². The maximum absolute atomic E-state index is 12.5. The van der Waals surface area contributed by atoms with Crippen LogP contribution in [0.3, 0.4) is 0 Å². The second-order valence-corrected chi connectivity index (χ2v) is 6.72. The molecule has 5 heteroatoms. The minimum Gasteiger partial charge on any atom is -0.399 e. The van der Waals surface area contributed by atoms with Crippen molar-refractivity contribution < 1.29 is 12.6 Å². The van der Waals surface area contributed by atoms with Gasteiger partial charge in [0.2, 0.25) is 0 Å². The summed E-state index contributed by atoms with van der Waals surface area (Å²) in [4.78, 5) is 0.148. The molecule has 112 valence electrons. The molecule has 0 aliphatic rings. The fraction of sp³-hybridized carbons (Fsp3) is 0.250. The molecule has 0 atom stereocenters. The van der Waals surface area contributed by atoms with Gasteiger partial charge in [-0.2, -0.15) is 8.42 Å². The molecule has 0 saturated carbocycles. The molecule has 0 saturated heterocycles. The first kappa shape index (κ1) is 15.4. The van der Waals surface area contributed by atoms with Gasteiger partial charge in [0.05, 0.1) is 0 Å². The van der Waals surface area contributed by atoms with Crippen molar-refractivity contribution in [2.24, 2.45) is 0 Å². The number of nitrogen functional groups attached to an aromatic ring is 1. The average Bonchev–Trinajstić information content (AvgIpc) is 2.39. The van der Waals surface area contributed by atoms with E-state index >= 15 is 0 Å². The Kier molecular flexibility index (Phi) is 3.96. The van der Waals surface area contributed by atoms with Crippen molar-refractivity contribution in [3.63, 3.8) is 0 Å². The van der Waals surface area contributed by atoms with Crippen LogP contribution in [-0.4, -0.2) is 8.42 Å². The summed E-state index contributed by atoms with van der Waals surface area (Å²) in [6, 6.07) is 8.53. The summed E-state index contributed by atoms with van der Waals surface area (Å²) >= 11 is 0. The Morgan fingerprint density at radius 2 is 1.62 bits per heavy atom. The van der Waals surface area contributed by atoms with Crippen LogP contribution < -0.4 is 9.92 Å². The quantitative estimate of drug-likeness (QED) is 0.698. The maximum Gasteiger partial charge on any atom is 0.339 e. The molecule has 0 spiro atoms. The third-order valence-electron chi connectivity index (χ3n) is 3.59. The van der Waals surface area contributed by atoms with Crippen molar-refractivity contribution in [2.75, 3.05) is 5.73 Å². The zero-order valence-corrected chi connectivity index (χ0v) is 13.4. The van der Waals surface area contributed by atoms with Crippen molar-refractivity contribution in [3.05, 3.63) is 52.6 Å². The molecule has 0 aliphatic carbocycles. The molecule has 2 aromatic rings. The summed E-state index contributed by atoms with van der Waals surface area (Å²) in [7, 11) is -3.88. The highest BCUT2D eigenvalue weighted by atomic mass is 32.2. The van der Waals surface area contributed by atoms with E-state index in [1.54, 1.807) is 38.1 Å². The van der Waals surface area contributed by atoms with Crippen molar-refractivity contribution in [1.29, 1.82) is 0 Å². The van der Waals surface area contributed by atoms with Gasteiger partial charge in [0.15, 0.2) is 0 Å². The second-order valence-electron chi connectivity index (χ2n) is 5.21. The summed E-state index contributed by atoms with van der Waals surface area (Å²) in [5.41, 5.74) is 9.44. The fourth-order valence-corrected chi connectivity index (χ4v) is 3.34. The Bertz CT molecular complexity index is 795. The van der Waals surface area contributed by atoms with Crippen LogP contribution >= 0.6 is 0 Å². The van der Waals surface area contributed by atoms with Crippen molar-refractivity contribution in [1.82, 2.24) is 0 Å². The Balaban J connectivity index is 2.48. The molecule has 4 nitrogen and oxygen atoms in total. The average molecular weight is 305 g/mol. The Morgan fingerprint density at radius 1 is 0.952 bits per heavy atom. The van der Waals surface area contributed by atoms with Crippen LogP contribution in [0.1, 0.15) is 22.3 Å². The largest absolute Gasteiger partial charge is 0.399 e.